The van der Waals surface area contributed by atoms with Gasteiger partial charge in [0, 0.05) is 18.3 Å². The van der Waals surface area contributed by atoms with E-state index in [2.05, 4.69) is 0 Å². The highest BCUT2D eigenvalue weighted by atomic mass is 16.5. The van der Waals surface area contributed by atoms with E-state index >= 15 is 0 Å². The number of hydrogen-bond donors (Lipinski definition) is 0. The first kappa shape index (κ1) is 24.3. The third-order valence-electron chi connectivity index (χ3n) is 4.86. The summed E-state index contributed by atoms with van der Waals surface area (Å²) in [5.74, 6) is -1.18. The van der Waals surface area contributed by atoms with Crippen LogP contribution in [0.2, 0.25) is 0 Å². The first-order valence-electron chi connectivity index (χ1n) is 10.7. The van der Waals surface area contributed by atoms with Crippen LogP contribution in [-0.2, 0) is 23.9 Å². The van der Waals surface area contributed by atoms with Crippen molar-refractivity contribution in [1.82, 2.24) is 0 Å². The normalized spacial score (nSPS) is 18.9. The molecule has 166 valence electrons. The Bertz CT molecular complexity index is 822. The molecule has 6 heteroatoms. The van der Waals surface area contributed by atoms with Gasteiger partial charge in [0.05, 0.1) is 12.5 Å². The molecule has 0 aromatic heterocycles. The van der Waals surface area contributed by atoms with Crippen LogP contribution in [0.4, 0.5) is 0 Å². The van der Waals surface area contributed by atoms with Gasteiger partial charge in [-0.2, -0.15) is 0 Å². The molecule has 2 atom stereocenters. The Morgan fingerprint density at radius 1 is 1.10 bits per heavy atom. The third kappa shape index (κ3) is 8.70. The number of unbranched alkanes of at least 4 members (excludes halogenated alkanes) is 1. The Morgan fingerprint density at radius 2 is 1.84 bits per heavy atom. The average molecular weight is 427 g/mol. The lowest BCUT2D eigenvalue weighted by Gasteiger charge is -2.11. The third-order valence-corrected chi connectivity index (χ3v) is 4.86. The highest BCUT2D eigenvalue weighted by molar-refractivity contribution is 6.09. The van der Waals surface area contributed by atoms with E-state index < -0.39 is 11.8 Å². The highest BCUT2D eigenvalue weighted by Gasteiger charge is 2.38. The van der Waals surface area contributed by atoms with Crippen molar-refractivity contribution >= 4 is 23.3 Å². The minimum absolute atomic E-state index is 0.0940. The lowest BCUT2D eigenvalue weighted by Crippen LogP contribution is -2.16. The SMILES string of the molecule is CC(C)OC(=O)CCC/C=C\C[C@H]1C(=O)CC(=O)[C@@H]1/C=C/C(=O)COc1ccccc1. The van der Waals surface area contributed by atoms with Gasteiger partial charge in [-0.15, -0.1) is 0 Å². The molecule has 1 aromatic rings. The molecule has 0 aliphatic heterocycles. The van der Waals surface area contributed by atoms with E-state index in [0.717, 1.165) is 0 Å². The molecule has 2 rings (SSSR count). The summed E-state index contributed by atoms with van der Waals surface area (Å²) in [6.45, 7) is 3.50. The first-order chi connectivity index (χ1) is 14.9. The van der Waals surface area contributed by atoms with Crippen LogP contribution in [0.1, 0.15) is 46.0 Å². The largest absolute Gasteiger partial charge is 0.485 e. The van der Waals surface area contributed by atoms with Crippen molar-refractivity contribution in [3.63, 3.8) is 0 Å². The molecule has 1 fully saturated rings. The molecule has 0 N–H and O–H groups in total. The summed E-state index contributed by atoms with van der Waals surface area (Å²) in [6.07, 6.45) is 8.59. The van der Waals surface area contributed by atoms with E-state index in [-0.39, 0.29) is 42.5 Å². The van der Waals surface area contributed by atoms with Crippen LogP contribution in [-0.4, -0.2) is 36.0 Å². The summed E-state index contributed by atoms with van der Waals surface area (Å²) < 4.78 is 10.5. The minimum Gasteiger partial charge on any atom is -0.485 e. The molecule has 0 bridgehead atoms. The average Bonchev–Trinajstić information content (AvgIpc) is 3.00. The zero-order chi connectivity index (χ0) is 22.6. The van der Waals surface area contributed by atoms with Crippen molar-refractivity contribution in [1.29, 1.82) is 0 Å². The molecule has 0 unspecified atom stereocenters. The quantitative estimate of drug-likeness (QED) is 0.165. The lowest BCUT2D eigenvalue weighted by molar-refractivity contribution is -0.147. The van der Waals surface area contributed by atoms with Crippen LogP contribution in [0.15, 0.2) is 54.6 Å². The Labute approximate surface area is 183 Å². The molecule has 0 spiro atoms. The van der Waals surface area contributed by atoms with Crippen molar-refractivity contribution in [3.05, 3.63) is 54.6 Å². The van der Waals surface area contributed by atoms with Crippen LogP contribution in [0.3, 0.4) is 0 Å². The summed E-state index contributed by atoms with van der Waals surface area (Å²) in [5.41, 5.74) is 0. The lowest BCUT2D eigenvalue weighted by atomic mass is 9.91. The molecule has 1 saturated carbocycles. The number of hydrogen-bond acceptors (Lipinski definition) is 6. The fraction of sp³-hybridized carbons (Fsp3) is 0.440. The van der Waals surface area contributed by atoms with Gasteiger partial charge in [-0.05, 0) is 51.3 Å². The molecule has 0 heterocycles. The Kier molecular flexibility index (Phi) is 9.88. The molecule has 31 heavy (non-hydrogen) atoms. The number of benzene rings is 1. The topological polar surface area (TPSA) is 86.7 Å². The van der Waals surface area contributed by atoms with E-state index in [0.29, 0.717) is 31.4 Å². The van der Waals surface area contributed by atoms with Crippen molar-refractivity contribution in [2.24, 2.45) is 11.8 Å². The summed E-state index contributed by atoms with van der Waals surface area (Å²) in [5, 5.41) is 0. The van der Waals surface area contributed by atoms with Crippen LogP contribution >= 0.6 is 0 Å². The molecule has 1 aliphatic rings. The van der Waals surface area contributed by atoms with E-state index in [1.165, 1.54) is 12.2 Å². The Morgan fingerprint density at radius 3 is 2.55 bits per heavy atom. The van der Waals surface area contributed by atoms with E-state index in [9.17, 15) is 19.2 Å². The van der Waals surface area contributed by atoms with Gasteiger partial charge in [-0.25, -0.2) is 0 Å². The summed E-state index contributed by atoms with van der Waals surface area (Å²) in [7, 11) is 0. The number of ether oxygens (including phenoxy) is 2. The number of rotatable bonds is 12. The van der Waals surface area contributed by atoms with Gasteiger partial charge in [0.25, 0.3) is 0 Å². The second-order valence-corrected chi connectivity index (χ2v) is 7.81. The van der Waals surface area contributed by atoms with Crippen LogP contribution in [0, 0.1) is 11.8 Å². The fourth-order valence-corrected chi connectivity index (χ4v) is 3.34. The molecular weight excluding hydrogens is 396 g/mol. The van der Waals surface area contributed by atoms with E-state index in [1.54, 1.807) is 12.1 Å². The molecule has 0 saturated heterocycles. The molecule has 6 nitrogen and oxygen atoms in total. The summed E-state index contributed by atoms with van der Waals surface area (Å²) in [6, 6.07) is 8.99. The summed E-state index contributed by atoms with van der Waals surface area (Å²) >= 11 is 0. The van der Waals surface area contributed by atoms with Crippen molar-refractivity contribution in [2.45, 2.75) is 52.1 Å². The van der Waals surface area contributed by atoms with Gasteiger partial charge < -0.3 is 9.47 Å². The van der Waals surface area contributed by atoms with Gasteiger partial charge in [0.2, 0.25) is 0 Å². The molecule has 0 radical (unpaired) electrons. The predicted molar refractivity (Wildman–Crippen MR) is 117 cm³/mol. The number of allylic oxidation sites excluding steroid dienone is 3. The standard InChI is InChI=1S/C25H30O6/c1-18(2)31-25(29)13-9-4-3-8-12-21-22(24(28)16-23(21)27)15-14-19(26)17-30-20-10-6-5-7-11-20/h3,5-8,10-11,14-15,18,21-22H,4,9,12-13,16-17H2,1-2H3/b8-3-,15-14+/t21-,22-/m1/s1. The fourth-order valence-electron chi connectivity index (χ4n) is 3.34. The number of Topliss-reactive ketones (excluding diaryl/α,β-unsaturated/α-hetero) is 2. The monoisotopic (exact) mass is 426 g/mol. The van der Waals surface area contributed by atoms with Crippen molar-refractivity contribution in [3.8, 4) is 5.75 Å². The number of esters is 1. The van der Waals surface area contributed by atoms with Gasteiger partial charge in [-0.3, -0.25) is 19.2 Å². The van der Waals surface area contributed by atoms with Gasteiger partial charge in [-0.1, -0.05) is 36.4 Å². The molecule has 0 amide bonds. The molecular formula is C25H30O6. The number of carbonyl (C=O) groups excluding carboxylic acids is 4. The van der Waals surface area contributed by atoms with Crippen LogP contribution < -0.4 is 4.74 Å². The van der Waals surface area contributed by atoms with Crippen LogP contribution in [0.25, 0.3) is 0 Å². The van der Waals surface area contributed by atoms with Crippen LogP contribution in [0.5, 0.6) is 5.75 Å². The molecule has 1 aliphatic carbocycles. The highest BCUT2D eigenvalue weighted by Crippen LogP contribution is 2.30. The summed E-state index contributed by atoms with van der Waals surface area (Å²) in [4.78, 5) is 48.0. The second kappa shape index (κ2) is 12.6. The van der Waals surface area contributed by atoms with Gasteiger partial charge in [0.1, 0.15) is 17.3 Å². The van der Waals surface area contributed by atoms with Crippen molar-refractivity contribution < 1.29 is 28.7 Å². The first-order valence-corrected chi connectivity index (χ1v) is 10.7. The maximum absolute atomic E-state index is 12.2. The van der Waals surface area contributed by atoms with E-state index in [4.69, 9.17) is 9.47 Å². The maximum Gasteiger partial charge on any atom is 0.306 e. The van der Waals surface area contributed by atoms with Gasteiger partial charge >= 0.3 is 5.97 Å². The zero-order valence-electron chi connectivity index (χ0n) is 18.1. The number of para-hydroxylation sites is 1. The maximum atomic E-state index is 12.2. The Balaban J connectivity index is 1.79. The second-order valence-electron chi connectivity index (χ2n) is 7.81. The zero-order valence-corrected chi connectivity index (χ0v) is 18.1. The predicted octanol–water partition coefficient (Wildman–Crippen LogP) is 4.03. The Hall–Kier alpha value is -3.02. The number of carbonyl (C=O) groups is 4. The van der Waals surface area contributed by atoms with E-state index in [1.807, 2.05) is 44.2 Å². The number of ketones is 3. The van der Waals surface area contributed by atoms with Gasteiger partial charge in [0.15, 0.2) is 12.4 Å². The molecule has 1 aromatic carbocycles. The smallest absolute Gasteiger partial charge is 0.306 e. The minimum atomic E-state index is -0.584. The van der Waals surface area contributed by atoms with Crippen molar-refractivity contribution in [2.75, 3.05) is 6.61 Å².